The Bertz CT molecular complexity index is 595. The zero-order valence-electron chi connectivity index (χ0n) is 10.8. The van der Waals surface area contributed by atoms with E-state index in [-0.39, 0.29) is 5.78 Å². The molecule has 0 fully saturated rings. The van der Waals surface area contributed by atoms with Gasteiger partial charge in [-0.2, -0.15) is 0 Å². The molecule has 0 N–H and O–H groups in total. The Morgan fingerprint density at radius 1 is 1.42 bits per heavy atom. The van der Waals surface area contributed by atoms with E-state index in [1.54, 1.807) is 36.6 Å². The van der Waals surface area contributed by atoms with Crippen molar-refractivity contribution in [1.29, 1.82) is 0 Å². The lowest BCUT2D eigenvalue weighted by Crippen LogP contribution is -2.08. The van der Waals surface area contributed by atoms with Crippen LogP contribution in [0.1, 0.15) is 16.3 Å². The third-order valence-electron chi connectivity index (χ3n) is 2.67. The van der Waals surface area contributed by atoms with Crippen LogP contribution in [0.2, 0.25) is 5.02 Å². The molecular weight excluding hydrogens is 282 g/mol. The molecule has 1 aromatic carbocycles. The molecule has 5 heteroatoms. The number of methoxy groups -OCH3 is 1. The fraction of sp³-hybridized carbons (Fsp3) is 0.286. The molecule has 0 saturated heterocycles. The van der Waals surface area contributed by atoms with Crippen LogP contribution in [0.3, 0.4) is 0 Å². The second kappa shape index (κ2) is 6.17. The fourth-order valence-electron chi connectivity index (χ4n) is 1.85. The molecule has 0 aliphatic carbocycles. The molecular formula is C14H14ClNO2S. The van der Waals surface area contributed by atoms with Gasteiger partial charge >= 0.3 is 0 Å². The van der Waals surface area contributed by atoms with Crippen molar-refractivity contribution in [3.05, 3.63) is 44.9 Å². The number of aromatic nitrogens is 1. The topological polar surface area (TPSA) is 39.2 Å². The third-order valence-corrected chi connectivity index (χ3v) is 3.73. The molecule has 0 bridgehead atoms. The average Bonchev–Trinajstić information content (AvgIpc) is 2.75. The van der Waals surface area contributed by atoms with Crippen LogP contribution in [0.15, 0.2) is 23.6 Å². The summed E-state index contributed by atoms with van der Waals surface area (Å²) in [7, 11) is 1.58. The van der Waals surface area contributed by atoms with Crippen LogP contribution in [-0.2, 0) is 17.6 Å². The van der Waals surface area contributed by atoms with Crippen molar-refractivity contribution in [3.63, 3.8) is 0 Å². The third kappa shape index (κ3) is 3.78. The van der Waals surface area contributed by atoms with Gasteiger partial charge in [-0.25, -0.2) is 4.98 Å². The minimum Gasteiger partial charge on any atom is -0.496 e. The van der Waals surface area contributed by atoms with E-state index in [1.165, 1.54) is 0 Å². The summed E-state index contributed by atoms with van der Waals surface area (Å²) in [5.74, 6) is 0.790. The minimum absolute atomic E-state index is 0.103. The van der Waals surface area contributed by atoms with Crippen molar-refractivity contribution in [3.8, 4) is 5.75 Å². The lowest BCUT2D eigenvalue weighted by atomic mass is 10.1. The Kier molecular flexibility index (Phi) is 4.56. The molecule has 2 rings (SSSR count). The lowest BCUT2D eigenvalue weighted by Gasteiger charge is -2.07. The van der Waals surface area contributed by atoms with E-state index in [4.69, 9.17) is 16.3 Å². The van der Waals surface area contributed by atoms with Crippen molar-refractivity contribution in [2.24, 2.45) is 0 Å². The number of aryl methyl sites for hydroxylation is 1. The predicted molar refractivity (Wildman–Crippen MR) is 77.3 cm³/mol. The van der Waals surface area contributed by atoms with Gasteiger partial charge in [-0.15, -0.1) is 11.3 Å². The first kappa shape index (κ1) is 14.0. The Morgan fingerprint density at radius 3 is 2.84 bits per heavy atom. The largest absolute Gasteiger partial charge is 0.496 e. The molecule has 19 heavy (non-hydrogen) atoms. The first-order valence-corrected chi connectivity index (χ1v) is 7.09. The summed E-state index contributed by atoms with van der Waals surface area (Å²) in [4.78, 5) is 16.3. The summed E-state index contributed by atoms with van der Waals surface area (Å²) >= 11 is 7.50. The van der Waals surface area contributed by atoms with E-state index >= 15 is 0 Å². The number of hydrogen-bond donors (Lipinski definition) is 0. The highest BCUT2D eigenvalue weighted by molar-refractivity contribution is 7.09. The monoisotopic (exact) mass is 295 g/mol. The first-order chi connectivity index (χ1) is 9.08. The van der Waals surface area contributed by atoms with Gasteiger partial charge in [0.1, 0.15) is 11.5 Å². The number of hydrogen-bond acceptors (Lipinski definition) is 4. The highest BCUT2D eigenvalue weighted by atomic mass is 35.5. The smallest absolute Gasteiger partial charge is 0.143 e. The molecule has 0 atom stereocenters. The first-order valence-electron chi connectivity index (χ1n) is 5.83. The summed E-state index contributed by atoms with van der Waals surface area (Å²) in [6, 6.07) is 5.29. The second-order valence-electron chi connectivity index (χ2n) is 4.21. The van der Waals surface area contributed by atoms with Gasteiger partial charge in [0.05, 0.1) is 17.8 Å². The van der Waals surface area contributed by atoms with Crippen molar-refractivity contribution in [2.75, 3.05) is 7.11 Å². The number of Topliss-reactive ketones (excluding diaryl/α,β-unsaturated/α-hetero) is 1. The number of ketones is 1. The van der Waals surface area contributed by atoms with Gasteiger partial charge in [0, 0.05) is 28.8 Å². The maximum atomic E-state index is 12.0. The predicted octanol–water partition coefficient (Wildman–Crippen LogP) is 3.47. The molecule has 0 radical (unpaired) electrons. The highest BCUT2D eigenvalue weighted by Gasteiger charge is 2.11. The summed E-state index contributed by atoms with van der Waals surface area (Å²) in [5, 5.41) is 3.50. The van der Waals surface area contributed by atoms with Gasteiger partial charge in [-0.3, -0.25) is 4.79 Å². The molecule has 0 spiro atoms. The maximum absolute atomic E-state index is 12.0. The molecule has 0 amide bonds. The van der Waals surface area contributed by atoms with E-state index < -0.39 is 0 Å². The van der Waals surface area contributed by atoms with Crippen LogP contribution in [-0.4, -0.2) is 17.9 Å². The molecule has 1 aromatic heterocycles. The van der Waals surface area contributed by atoms with Crippen molar-refractivity contribution in [2.45, 2.75) is 19.8 Å². The van der Waals surface area contributed by atoms with Gasteiger partial charge < -0.3 is 4.74 Å². The Labute approximate surface area is 121 Å². The molecule has 3 nitrogen and oxygen atoms in total. The van der Waals surface area contributed by atoms with Crippen LogP contribution in [0.5, 0.6) is 5.75 Å². The molecule has 100 valence electrons. The molecule has 2 aromatic rings. The SMILES string of the molecule is COc1ccc(Cl)cc1CC(=O)Cc1csc(C)n1. The van der Waals surface area contributed by atoms with Crippen LogP contribution < -0.4 is 4.74 Å². The summed E-state index contributed by atoms with van der Waals surface area (Å²) < 4.78 is 5.23. The van der Waals surface area contributed by atoms with Gasteiger partial charge in [0.15, 0.2) is 0 Å². The average molecular weight is 296 g/mol. The van der Waals surface area contributed by atoms with E-state index in [0.29, 0.717) is 23.6 Å². The maximum Gasteiger partial charge on any atom is 0.143 e. The lowest BCUT2D eigenvalue weighted by molar-refractivity contribution is -0.117. The van der Waals surface area contributed by atoms with Crippen LogP contribution in [0.4, 0.5) is 0 Å². The van der Waals surface area contributed by atoms with E-state index in [1.807, 2.05) is 12.3 Å². The molecule has 0 aliphatic heterocycles. The molecule has 0 unspecified atom stereocenters. The number of thiazole rings is 1. The number of carbonyl (C=O) groups excluding carboxylic acids is 1. The normalized spacial score (nSPS) is 10.5. The summed E-state index contributed by atoms with van der Waals surface area (Å²) in [6.07, 6.45) is 0.653. The zero-order valence-corrected chi connectivity index (χ0v) is 12.3. The van der Waals surface area contributed by atoms with Gasteiger partial charge in [-0.1, -0.05) is 11.6 Å². The van der Waals surface area contributed by atoms with Crippen LogP contribution >= 0.6 is 22.9 Å². The number of halogens is 1. The van der Waals surface area contributed by atoms with Gasteiger partial charge in [-0.05, 0) is 25.1 Å². The molecule has 0 saturated carbocycles. The number of rotatable bonds is 5. The van der Waals surface area contributed by atoms with E-state index in [0.717, 1.165) is 16.3 Å². The van der Waals surface area contributed by atoms with Crippen molar-refractivity contribution < 1.29 is 9.53 Å². The Hall–Kier alpha value is -1.39. The summed E-state index contributed by atoms with van der Waals surface area (Å²) in [6.45, 7) is 1.93. The number of ether oxygens (including phenoxy) is 1. The number of carbonyl (C=O) groups is 1. The minimum atomic E-state index is 0.103. The van der Waals surface area contributed by atoms with Crippen LogP contribution in [0, 0.1) is 6.92 Å². The van der Waals surface area contributed by atoms with E-state index in [2.05, 4.69) is 4.98 Å². The van der Waals surface area contributed by atoms with Gasteiger partial charge in [0.2, 0.25) is 0 Å². The second-order valence-corrected chi connectivity index (χ2v) is 5.70. The van der Waals surface area contributed by atoms with E-state index in [9.17, 15) is 4.79 Å². The number of nitrogens with zero attached hydrogens (tertiary/aromatic N) is 1. The van der Waals surface area contributed by atoms with Crippen molar-refractivity contribution >= 4 is 28.7 Å². The van der Waals surface area contributed by atoms with Crippen LogP contribution in [0.25, 0.3) is 0 Å². The molecule has 1 heterocycles. The standard InChI is InChI=1S/C14H14ClNO2S/c1-9-16-12(8-19-9)7-13(17)6-10-5-11(15)3-4-14(10)18-2/h3-5,8H,6-7H2,1-2H3. The highest BCUT2D eigenvalue weighted by Crippen LogP contribution is 2.23. The fourth-order valence-corrected chi connectivity index (χ4v) is 2.66. The zero-order chi connectivity index (χ0) is 13.8. The Balaban J connectivity index is 2.08. The molecule has 0 aliphatic rings. The summed E-state index contributed by atoms with van der Waals surface area (Å²) in [5.41, 5.74) is 1.64. The Morgan fingerprint density at radius 2 is 2.21 bits per heavy atom. The number of benzene rings is 1. The van der Waals surface area contributed by atoms with Crippen molar-refractivity contribution in [1.82, 2.24) is 4.98 Å². The quantitative estimate of drug-likeness (QED) is 0.848. The van der Waals surface area contributed by atoms with Gasteiger partial charge in [0.25, 0.3) is 0 Å².